The number of carbonyl (C=O) groups is 1. The van der Waals surface area contributed by atoms with Crippen molar-refractivity contribution in [1.29, 1.82) is 0 Å². The van der Waals surface area contributed by atoms with Crippen molar-refractivity contribution in [2.45, 2.75) is 19.1 Å². The molecule has 0 saturated carbocycles. The van der Waals surface area contributed by atoms with Gasteiger partial charge in [0.15, 0.2) is 0 Å². The summed E-state index contributed by atoms with van der Waals surface area (Å²) in [6.07, 6.45) is -0.445. The molecule has 6 nitrogen and oxygen atoms in total. The smallest absolute Gasteiger partial charge is 0.445 e. The summed E-state index contributed by atoms with van der Waals surface area (Å²) in [5, 5.41) is 3.04. The fourth-order valence-corrected chi connectivity index (χ4v) is 2.82. The van der Waals surface area contributed by atoms with E-state index in [0.717, 1.165) is 16.7 Å². The van der Waals surface area contributed by atoms with Crippen LogP contribution in [0.25, 0.3) is 0 Å². The van der Waals surface area contributed by atoms with Gasteiger partial charge in [-0.1, -0.05) is 91.0 Å². The second-order valence-electron chi connectivity index (χ2n) is 6.30. The van der Waals surface area contributed by atoms with Gasteiger partial charge >= 0.3 is 14.3 Å². The second-order valence-corrected chi connectivity index (χ2v) is 6.80. The fraction of sp³-hybridized carbons (Fsp3) is 0.136. The summed E-state index contributed by atoms with van der Waals surface area (Å²) >= 11 is 0. The summed E-state index contributed by atoms with van der Waals surface area (Å²) in [6.45, 7) is 2.23. The van der Waals surface area contributed by atoms with Crippen molar-refractivity contribution in [3.05, 3.63) is 108 Å². The molecule has 0 fully saturated rings. The average molecular weight is 412 g/mol. The molecule has 0 bridgehead atoms. The highest BCUT2D eigenvalue weighted by molar-refractivity contribution is 7.30. The van der Waals surface area contributed by atoms with Gasteiger partial charge in [0.1, 0.15) is 6.61 Å². The molecule has 0 aliphatic carbocycles. The van der Waals surface area contributed by atoms with Crippen LogP contribution in [0.2, 0.25) is 0 Å². The maximum absolute atomic E-state index is 12.4. The van der Waals surface area contributed by atoms with E-state index in [-0.39, 0.29) is 6.61 Å². The molecule has 0 aliphatic heterocycles. The lowest BCUT2D eigenvalue weighted by Crippen LogP contribution is -2.44. The Kier molecular flexibility index (Phi) is 8.49. The molecule has 29 heavy (non-hydrogen) atoms. The van der Waals surface area contributed by atoms with Crippen molar-refractivity contribution in [1.82, 2.24) is 5.32 Å². The Morgan fingerprint density at radius 1 is 0.862 bits per heavy atom. The summed E-state index contributed by atoms with van der Waals surface area (Å²) in [5.41, 5.74) is 2.28. The Balaban J connectivity index is 0.000000687. The van der Waals surface area contributed by atoms with E-state index in [2.05, 4.69) is 5.32 Å². The van der Waals surface area contributed by atoms with Crippen molar-refractivity contribution < 1.29 is 23.9 Å². The van der Waals surface area contributed by atoms with Gasteiger partial charge in [0, 0.05) is 4.57 Å². The SMILES string of the molecule is CC(NC(=O)OCc1ccccc1)(c1ccccc1)c1ccccc1.O=[P+](O)O. The Bertz CT molecular complexity index is 861. The molecule has 1 amide bonds. The highest BCUT2D eigenvalue weighted by Gasteiger charge is 2.31. The first-order valence-corrected chi connectivity index (χ1v) is 10.0. The first-order valence-electron chi connectivity index (χ1n) is 8.87. The molecule has 0 heterocycles. The lowest BCUT2D eigenvalue weighted by Gasteiger charge is -2.31. The van der Waals surface area contributed by atoms with Crippen LogP contribution in [-0.2, 0) is 21.4 Å². The molecule has 0 radical (unpaired) electrons. The summed E-state index contributed by atoms with van der Waals surface area (Å²) in [7, 11) is -2.87. The van der Waals surface area contributed by atoms with Crippen molar-refractivity contribution >= 4 is 14.3 Å². The van der Waals surface area contributed by atoms with Crippen LogP contribution in [0, 0.1) is 0 Å². The number of hydrogen-bond donors (Lipinski definition) is 3. The Labute approximate surface area is 170 Å². The van der Waals surface area contributed by atoms with Crippen LogP contribution in [0.3, 0.4) is 0 Å². The van der Waals surface area contributed by atoms with E-state index in [1.165, 1.54) is 0 Å². The summed E-state index contributed by atoms with van der Waals surface area (Å²) in [4.78, 5) is 26.7. The van der Waals surface area contributed by atoms with Gasteiger partial charge < -0.3 is 10.1 Å². The van der Waals surface area contributed by atoms with E-state index in [4.69, 9.17) is 19.1 Å². The molecule has 3 aromatic carbocycles. The van der Waals surface area contributed by atoms with Gasteiger partial charge in [-0.3, -0.25) is 0 Å². The predicted molar refractivity (Wildman–Crippen MR) is 111 cm³/mol. The Morgan fingerprint density at radius 2 is 1.24 bits per heavy atom. The molecule has 3 aromatic rings. The zero-order chi connectivity index (χ0) is 21.1. The topological polar surface area (TPSA) is 95.9 Å². The van der Waals surface area contributed by atoms with Gasteiger partial charge in [0.2, 0.25) is 0 Å². The van der Waals surface area contributed by atoms with Crippen LogP contribution in [-0.4, -0.2) is 15.9 Å². The van der Waals surface area contributed by atoms with Crippen LogP contribution in [0.15, 0.2) is 91.0 Å². The minimum Gasteiger partial charge on any atom is -0.445 e. The van der Waals surface area contributed by atoms with E-state index in [0.29, 0.717) is 0 Å². The number of nitrogens with one attached hydrogen (secondary N) is 1. The first-order chi connectivity index (χ1) is 13.9. The predicted octanol–water partition coefficient (Wildman–Crippen LogP) is 4.50. The fourth-order valence-electron chi connectivity index (χ4n) is 2.82. The third-order valence-electron chi connectivity index (χ3n) is 4.27. The van der Waals surface area contributed by atoms with Crippen molar-refractivity contribution in [2.75, 3.05) is 0 Å². The molecule has 0 spiro atoms. The standard InChI is InChI=1S/C22H21NO2.HO3P/c1-22(19-13-7-3-8-14-19,20-15-9-4-10-16-20)23-21(24)25-17-18-11-5-2-6-12-18;1-4(2)3/h2-16H,17H2,1H3,(H,23,24);(H-,1,2,3)/p+1. The number of carbonyl (C=O) groups excluding carboxylic acids is 1. The summed E-state index contributed by atoms with van der Waals surface area (Å²) in [6, 6.07) is 29.5. The minimum absolute atomic E-state index is 0.242. The largest absolute Gasteiger partial charge is 0.692 e. The van der Waals surface area contributed by atoms with Gasteiger partial charge in [-0.2, -0.15) is 0 Å². The van der Waals surface area contributed by atoms with Crippen LogP contribution in [0.5, 0.6) is 0 Å². The van der Waals surface area contributed by atoms with E-state index < -0.39 is 19.9 Å². The molecule has 0 saturated heterocycles. The first kappa shape index (κ1) is 22.2. The molecule has 3 rings (SSSR count). The number of ether oxygens (including phenoxy) is 1. The van der Waals surface area contributed by atoms with Gasteiger partial charge in [0.25, 0.3) is 0 Å². The summed E-state index contributed by atoms with van der Waals surface area (Å²) in [5.74, 6) is 0. The maximum atomic E-state index is 12.4. The van der Waals surface area contributed by atoms with E-state index >= 15 is 0 Å². The lowest BCUT2D eigenvalue weighted by molar-refractivity contribution is 0.131. The number of amides is 1. The van der Waals surface area contributed by atoms with Gasteiger partial charge in [0.05, 0.1) is 5.54 Å². The molecule has 0 aromatic heterocycles. The maximum Gasteiger partial charge on any atom is 0.692 e. The number of benzene rings is 3. The molecule has 3 N–H and O–H groups in total. The number of rotatable bonds is 5. The third kappa shape index (κ3) is 7.12. The number of hydrogen-bond acceptors (Lipinski definition) is 3. The summed E-state index contributed by atoms with van der Waals surface area (Å²) < 4.78 is 14.1. The molecule has 0 aliphatic rings. The highest BCUT2D eigenvalue weighted by atomic mass is 31.1. The van der Waals surface area contributed by atoms with Crippen molar-refractivity contribution in [3.8, 4) is 0 Å². The second kappa shape index (κ2) is 11.1. The highest BCUT2D eigenvalue weighted by Crippen LogP contribution is 2.29. The van der Waals surface area contributed by atoms with Crippen molar-refractivity contribution in [2.24, 2.45) is 0 Å². The van der Waals surface area contributed by atoms with Crippen molar-refractivity contribution in [3.63, 3.8) is 0 Å². The lowest BCUT2D eigenvalue weighted by atomic mass is 9.85. The monoisotopic (exact) mass is 412 g/mol. The van der Waals surface area contributed by atoms with Crippen LogP contribution >= 0.6 is 8.25 Å². The average Bonchev–Trinajstić information content (AvgIpc) is 2.74. The number of alkyl carbamates (subject to hydrolysis) is 1. The van der Waals surface area contributed by atoms with Gasteiger partial charge in [-0.25, -0.2) is 4.79 Å². The van der Waals surface area contributed by atoms with Crippen LogP contribution in [0.1, 0.15) is 23.6 Å². The molecular weight excluding hydrogens is 389 g/mol. The van der Waals surface area contributed by atoms with E-state index in [1.807, 2.05) is 97.9 Å². The molecule has 150 valence electrons. The quantitative estimate of drug-likeness (QED) is 0.536. The zero-order valence-electron chi connectivity index (χ0n) is 15.9. The van der Waals surface area contributed by atoms with Gasteiger partial charge in [-0.15, -0.1) is 9.79 Å². The van der Waals surface area contributed by atoms with Crippen LogP contribution in [0.4, 0.5) is 4.79 Å². The molecule has 0 unspecified atom stereocenters. The minimum atomic E-state index is -2.87. The van der Waals surface area contributed by atoms with E-state index in [1.54, 1.807) is 0 Å². The Morgan fingerprint density at radius 3 is 1.66 bits per heavy atom. The normalized spacial score (nSPS) is 10.3. The van der Waals surface area contributed by atoms with E-state index in [9.17, 15) is 4.79 Å². The molecular formula is C22H23NO5P+. The Hall–Kier alpha value is -3.05. The zero-order valence-corrected chi connectivity index (χ0v) is 16.8. The third-order valence-corrected chi connectivity index (χ3v) is 4.27. The van der Waals surface area contributed by atoms with Crippen LogP contribution < -0.4 is 5.32 Å². The molecule has 0 atom stereocenters. The molecule has 7 heteroatoms. The van der Waals surface area contributed by atoms with Gasteiger partial charge in [-0.05, 0) is 23.6 Å².